The first kappa shape index (κ1) is 21.0. The number of nitrogens with zero attached hydrogens (tertiary/aromatic N) is 2. The molecule has 2 N–H and O–H groups in total. The third-order valence-corrected chi connectivity index (χ3v) is 5.00. The van der Waals surface area contributed by atoms with E-state index in [1.54, 1.807) is 12.1 Å². The van der Waals surface area contributed by atoms with Gasteiger partial charge in [0.25, 0.3) is 5.91 Å². The fourth-order valence-electron chi connectivity index (χ4n) is 3.02. The molecule has 1 aliphatic heterocycles. The summed E-state index contributed by atoms with van der Waals surface area (Å²) in [5.41, 5.74) is 1.50. The third-order valence-electron chi connectivity index (χ3n) is 4.41. The van der Waals surface area contributed by atoms with Gasteiger partial charge in [0.1, 0.15) is 5.69 Å². The van der Waals surface area contributed by atoms with E-state index < -0.39 is 0 Å². The number of carbonyl (C=O) groups excluding carboxylic acids is 1. The van der Waals surface area contributed by atoms with Crippen molar-refractivity contribution in [3.05, 3.63) is 51.8 Å². The molecule has 1 aromatic heterocycles. The van der Waals surface area contributed by atoms with E-state index in [-0.39, 0.29) is 18.3 Å². The number of hydrogen-bond acceptors (Lipinski definition) is 3. The minimum atomic E-state index is -0.135. The van der Waals surface area contributed by atoms with Crippen LogP contribution >= 0.6 is 35.6 Å². The summed E-state index contributed by atoms with van der Waals surface area (Å²) in [6.45, 7) is 2.54. The lowest BCUT2D eigenvalue weighted by Gasteiger charge is -2.22. The molecule has 1 atom stereocenters. The Bertz CT molecular complexity index is 729. The van der Waals surface area contributed by atoms with Gasteiger partial charge in [0, 0.05) is 29.3 Å². The zero-order chi connectivity index (χ0) is 17.6. The minimum Gasteiger partial charge on any atom is -0.351 e. The Morgan fingerprint density at radius 3 is 2.92 bits per heavy atom. The average molecular weight is 418 g/mol. The van der Waals surface area contributed by atoms with Crippen molar-refractivity contribution in [1.29, 1.82) is 0 Å². The van der Waals surface area contributed by atoms with Crippen molar-refractivity contribution < 1.29 is 4.79 Å². The molecule has 1 amide bonds. The Kier molecular flexibility index (Phi) is 8.22. The molecule has 0 bridgehead atoms. The van der Waals surface area contributed by atoms with Crippen molar-refractivity contribution in [2.45, 2.75) is 31.7 Å². The number of halogens is 3. The van der Waals surface area contributed by atoms with E-state index in [9.17, 15) is 4.79 Å². The monoisotopic (exact) mass is 416 g/mol. The molecule has 5 nitrogen and oxygen atoms in total. The Hall–Kier alpha value is -1.27. The average Bonchev–Trinajstić information content (AvgIpc) is 3.11. The predicted molar refractivity (Wildman–Crippen MR) is 108 cm³/mol. The molecule has 2 aromatic rings. The lowest BCUT2D eigenvalue weighted by molar-refractivity contribution is 0.0947. The summed E-state index contributed by atoms with van der Waals surface area (Å²) in [6.07, 6.45) is 5.72. The van der Waals surface area contributed by atoms with Gasteiger partial charge < -0.3 is 10.6 Å². The molecule has 1 unspecified atom stereocenters. The Labute approximate surface area is 169 Å². The van der Waals surface area contributed by atoms with E-state index in [1.807, 2.05) is 23.0 Å². The summed E-state index contributed by atoms with van der Waals surface area (Å²) in [5, 5.41) is 12.0. The van der Waals surface area contributed by atoms with Crippen LogP contribution in [-0.2, 0) is 6.42 Å². The van der Waals surface area contributed by atoms with Gasteiger partial charge in [0.05, 0.1) is 6.04 Å². The zero-order valence-corrected chi connectivity index (χ0v) is 16.7. The number of aryl methyl sites for hydroxylation is 1. The van der Waals surface area contributed by atoms with E-state index in [1.165, 1.54) is 0 Å². The molecule has 2 heterocycles. The second kappa shape index (κ2) is 10.2. The van der Waals surface area contributed by atoms with Crippen LogP contribution < -0.4 is 10.6 Å². The highest BCUT2D eigenvalue weighted by molar-refractivity contribution is 6.35. The maximum Gasteiger partial charge on any atom is 0.271 e. The zero-order valence-electron chi connectivity index (χ0n) is 14.4. The summed E-state index contributed by atoms with van der Waals surface area (Å²) < 4.78 is 1.90. The Balaban J connectivity index is 0.00000243. The quantitative estimate of drug-likeness (QED) is 0.701. The van der Waals surface area contributed by atoms with Gasteiger partial charge in [-0.05, 0) is 56.0 Å². The molecule has 1 aromatic carbocycles. The molecule has 0 spiro atoms. The predicted octanol–water partition coefficient (Wildman–Crippen LogP) is 3.90. The lowest BCUT2D eigenvalue weighted by Crippen LogP contribution is -2.32. The first-order chi connectivity index (χ1) is 12.1. The number of benzene rings is 1. The Morgan fingerprint density at radius 2 is 2.19 bits per heavy atom. The van der Waals surface area contributed by atoms with E-state index in [0.29, 0.717) is 28.3 Å². The summed E-state index contributed by atoms with van der Waals surface area (Å²) in [7, 11) is 0. The molecule has 8 heteroatoms. The number of nitrogens with one attached hydrogen (secondary N) is 2. The minimum absolute atomic E-state index is 0. The highest BCUT2D eigenvalue weighted by Crippen LogP contribution is 2.22. The second-order valence-corrected chi connectivity index (χ2v) is 7.12. The molecular formula is C18H23Cl3N4O. The number of piperidine rings is 1. The fourth-order valence-corrected chi connectivity index (χ4v) is 3.52. The van der Waals surface area contributed by atoms with Gasteiger partial charge >= 0.3 is 0 Å². The van der Waals surface area contributed by atoms with Crippen LogP contribution in [0.1, 0.15) is 41.4 Å². The summed E-state index contributed by atoms with van der Waals surface area (Å²) in [5.74, 6) is -0.135. The van der Waals surface area contributed by atoms with Gasteiger partial charge in [0.2, 0.25) is 0 Å². The lowest BCUT2D eigenvalue weighted by atomic mass is 10.1. The van der Waals surface area contributed by atoms with Crippen molar-refractivity contribution in [2.24, 2.45) is 0 Å². The summed E-state index contributed by atoms with van der Waals surface area (Å²) >= 11 is 12.0. The second-order valence-electron chi connectivity index (χ2n) is 6.28. The van der Waals surface area contributed by atoms with Crippen LogP contribution in [0.5, 0.6) is 0 Å². The highest BCUT2D eigenvalue weighted by Gasteiger charge is 2.17. The first-order valence-corrected chi connectivity index (χ1v) is 9.37. The molecule has 1 fully saturated rings. The molecule has 3 rings (SSSR count). The molecule has 1 aliphatic rings. The highest BCUT2D eigenvalue weighted by atomic mass is 35.5. The molecular weight excluding hydrogens is 395 g/mol. The molecule has 1 saturated heterocycles. The molecule has 26 heavy (non-hydrogen) atoms. The van der Waals surface area contributed by atoms with Gasteiger partial charge in [-0.3, -0.25) is 9.48 Å². The van der Waals surface area contributed by atoms with E-state index in [4.69, 9.17) is 23.2 Å². The van der Waals surface area contributed by atoms with Crippen LogP contribution in [0.2, 0.25) is 10.0 Å². The van der Waals surface area contributed by atoms with Gasteiger partial charge in [-0.1, -0.05) is 29.3 Å². The smallest absolute Gasteiger partial charge is 0.271 e. The number of hydrogen-bond donors (Lipinski definition) is 2. The normalized spacial score (nSPS) is 16.8. The van der Waals surface area contributed by atoms with Gasteiger partial charge in [0.15, 0.2) is 0 Å². The maximum absolute atomic E-state index is 12.2. The molecule has 142 valence electrons. The molecule has 0 saturated carbocycles. The number of rotatable bonds is 6. The summed E-state index contributed by atoms with van der Waals surface area (Å²) in [6, 6.07) is 7.60. The van der Waals surface area contributed by atoms with Gasteiger partial charge in [-0.2, -0.15) is 5.10 Å². The van der Waals surface area contributed by atoms with Crippen molar-refractivity contribution >= 4 is 41.5 Å². The van der Waals surface area contributed by atoms with Crippen LogP contribution in [-0.4, -0.2) is 35.3 Å². The SMILES string of the molecule is Cl.O=C(NCCCc1ccc(Cl)cc1Cl)c1ccn(C2CCCNC2)n1. The van der Waals surface area contributed by atoms with Crippen LogP contribution in [0.4, 0.5) is 0 Å². The first-order valence-electron chi connectivity index (χ1n) is 8.61. The van der Waals surface area contributed by atoms with E-state index in [0.717, 1.165) is 44.3 Å². The van der Waals surface area contributed by atoms with Crippen LogP contribution in [0.3, 0.4) is 0 Å². The van der Waals surface area contributed by atoms with Crippen molar-refractivity contribution in [1.82, 2.24) is 20.4 Å². The topological polar surface area (TPSA) is 59.0 Å². The number of aromatic nitrogens is 2. The van der Waals surface area contributed by atoms with Gasteiger partial charge in [-0.15, -0.1) is 12.4 Å². The van der Waals surface area contributed by atoms with Crippen molar-refractivity contribution in [2.75, 3.05) is 19.6 Å². The van der Waals surface area contributed by atoms with Crippen LogP contribution in [0, 0.1) is 0 Å². The van der Waals surface area contributed by atoms with Crippen molar-refractivity contribution in [3.63, 3.8) is 0 Å². The van der Waals surface area contributed by atoms with E-state index >= 15 is 0 Å². The van der Waals surface area contributed by atoms with Crippen molar-refractivity contribution in [3.8, 4) is 0 Å². The van der Waals surface area contributed by atoms with E-state index in [2.05, 4.69) is 15.7 Å². The maximum atomic E-state index is 12.2. The third kappa shape index (κ3) is 5.61. The number of carbonyl (C=O) groups is 1. The summed E-state index contributed by atoms with van der Waals surface area (Å²) in [4.78, 5) is 12.2. The standard InChI is InChI=1S/C18H22Cl2N4O.ClH/c19-14-6-5-13(16(20)11-14)3-1-9-22-18(25)17-7-10-24(23-17)15-4-2-8-21-12-15;/h5-7,10-11,15,21H,1-4,8-9,12H2,(H,22,25);1H. The molecule has 0 radical (unpaired) electrons. The number of amides is 1. The molecule has 0 aliphatic carbocycles. The fraction of sp³-hybridized carbons (Fsp3) is 0.444. The van der Waals surface area contributed by atoms with Gasteiger partial charge in [-0.25, -0.2) is 0 Å². The largest absolute Gasteiger partial charge is 0.351 e. The van der Waals surface area contributed by atoms with Crippen LogP contribution in [0.15, 0.2) is 30.5 Å². The van der Waals surface area contributed by atoms with Crippen LogP contribution in [0.25, 0.3) is 0 Å². The Morgan fingerprint density at radius 1 is 1.35 bits per heavy atom.